The van der Waals surface area contributed by atoms with E-state index in [-0.39, 0.29) is 17.3 Å². The first-order chi connectivity index (χ1) is 19.5. The number of aryl methyl sites for hydroxylation is 2. The lowest BCUT2D eigenvalue weighted by atomic mass is 10.2. The van der Waals surface area contributed by atoms with Gasteiger partial charge in [0, 0.05) is 39.1 Å². The molecule has 41 heavy (non-hydrogen) atoms. The van der Waals surface area contributed by atoms with Crippen LogP contribution in [0.3, 0.4) is 0 Å². The van der Waals surface area contributed by atoms with Crippen molar-refractivity contribution in [1.29, 1.82) is 0 Å². The zero-order chi connectivity index (χ0) is 29.6. The van der Waals surface area contributed by atoms with Crippen molar-refractivity contribution in [3.05, 3.63) is 105 Å². The van der Waals surface area contributed by atoms with E-state index in [0.717, 1.165) is 0 Å². The summed E-state index contributed by atoms with van der Waals surface area (Å²) < 4.78 is 39.2. The topological polar surface area (TPSA) is 120 Å². The number of halogens is 2. The zero-order valence-corrected chi connectivity index (χ0v) is 24.6. The first-order valence-electron chi connectivity index (χ1n) is 12.2. The van der Waals surface area contributed by atoms with Crippen molar-refractivity contribution in [2.24, 2.45) is 0 Å². The molecule has 0 aliphatic heterocycles. The molecule has 4 rings (SSSR count). The Balaban J connectivity index is 1.37. The molecule has 0 bridgehead atoms. The zero-order valence-electron chi connectivity index (χ0n) is 22.3. The van der Waals surface area contributed by atoms with E-state index in [1.807, 2.05) is 0 Å². The van der Waals surface area contributed by atoms with Gasteiger partial charge in [0.15, 0.2) is 11.5 Å². The summed E-state index contributed by atoms with van der Waals surface area (Å²) in [6, 6.07) is 17.8. The Labute approximate surface area is 248 Å². The quantitative estimate of drug-likeness (QED) is 0.198. The van der Waals surface area contributed by atoms with E-state index in [2.05, 4.69) is 20.0 Å². The van der Waals surface area contributed by atoms with Crippen LogP contribution in [0.15, 0.2) is 77.7 Å². The van der Waals surface area contributed by atoms with Gasteiger partial charge in [-0.3, -0.25) is 9.52 Å². The van der Waals surface area contributed by atoms with Crippen LogP contribution in [0.1, 0.15) is 22.6 Å². The van der Waals surface area contributed by atoms with Crippen LogP contribution in [0, 0.1) is 13.8 Å². The molecule has 9 nitrogen and oxygen atoms in total. The Morgan fingerprint density at radius 3 is 2.32 bits per heavy atom. The van der Waals surface area contributed by atoms with E-state index in [9.17, 15) is 13.2 Å². The molecule has 0 saturated heterocycles. The fraction of sp³-hybridized carbons (Fsp3) is 0.138. The van der Waals surface area contributed by atoms with Crippen molar-refractivity contribution in [1.82, 2.24) is 9.97 Å². The maximum absolute atomic E-state index is 12.7. The van der Waals surface area contributed by atoms with E-state index >= 15 is 0 Å². The number of aromatic nitrogens is 2. The predicted octanol–water partition coefficient (Wildman–Crippen LogP) is 6.44. The number of anilines is 2. The van der Waals surface area contributed by atoms with Crippen LogP contribution < -0.4 is 19.5 Å². The van der Waals surface area contributed by atoms with E-state index in [4.69, 9.17) is 32.7 Å². The fourth-order valence-electron chi connectivity index (χ4n) is 3.77. The number of sulfonamides is 1. The van der Waals surface area contributed by atoms with Gasteiger partial charge in [0.25, 0.3) is 10.0 Å². The summed E-state index contributed by atoms with van der Waals surface area (Å²) in [6.07, 6.45) is 2.96. The number of nitrogens with one attached hydrogen (secondary N) is 2. The summed E-state index contributed by atoms with van der Waals surface area (Å²) in [5.74, 6) is 1.18. The molecular formula is C29H26Cl2N4O5S. The van der Waals surface area contributed by atoms with Gasteiger partial charge in [-0.05, 0) is 74.0 Å². The van der Waals surface area contributed by atoms with Crippen LogP contribution in [-0.4, -0.2) is 31.4 Å². The van der Waals surface area contributed by atoms with Gasteiger partial charge in [0.2, 0.25) is 5.91 Å². The minimum atomic E-state index is -3.88. The highest BCUT2D eigenvalue weighted by molar-refractivity contribution is 7.92. The maximum atomic E-state index is 12.7. The molecule has 0 radical (unpaired) electrons. The second kappa shape index (κ2) is 13.0. The van der Waals surface area contributed by atoms with Gasteiger partial charge in [0.1, 0.15) is 18.2 Å². The van der Waals surface area contributed by atoms with Crippen LogP contribution in [0.4, 0.5) is 11.5 Å². The van der Waals surface area contributed by atoms with Crippen molar-refractivity contribution in [3.8, 4) is 11.5 Å². The Hall–Kier alpha value is -4.12. The number of carbonyl (C=O) groups excluding carboxylic acids is 1. The van der Waals surface area contributed by atoms with E-state index in [0.29, 0.717) is 49.9 Å². The molecule has 1 aromatic heterocycles. The van der Waals surface area contributed by atoms with Gasteiger partial charge in [-0.1, -0.05) is 35.3 Å². The molecule has 0 saturated carbocycles. The third-order valence-corrected chi connectivity index (χ3v) is 7.76. The number of amides is 1. The highest BCUT2D eigenvalue weighted by Gasteiger charge is 2.16. The number of carbonyl (C=O) groups is 1. The van der Waals surface area contributed by atoms with Crippen LogP contribution in [-0.2, 0) is 21.4 Å². The number of nitrogens with zero attached hydrogens (tertiary/aromatic N) is 2. The maximum Gasteiger partial charge on any atom is 0.263 e. The molecule has 0 aliphatic carbocycles. The number of hydrogen-bond acceptors (Lipinski definition) is 7. The summed E-state index contributed by atoms with van der Waals surface area (Å²) >= 11 is 12.4. The average molecular weight is 614 g/mol. The smallest absolute Gasteiger partial charge is 0.263 e. The summed E-state index contributed by atoms with van der Waals surface area (Å²) in [4.78, 5) is 20.7. The van der Waals surface area contributed by atoms with Crippen molar-refractivity contribution in [3.63, 3.8) is 0 Å². The standard InChI is InChI=1S/C29H26Cl2N4O5S/c1-18-15-28(33-19(2)32-18)35-41(37,38)22-11-9-21(10-12-22)34-29(36)14-8-20-7-13-26(27(16-20)39-3)40-17-23-24(30)5-4-6-25(23)31/h4-16H,17H2,1-3H3,(H,34,36)(H,32,33,35)/b14-8+. The fourth-order valence-corrected chi connectivity index (χ4v) is 5.27. The highest BCUT2D eigenvalue weighted by Crippen LogP contribution is 2.31. The molecule has 1 heterocycles. The van der Waals surface area contributed by atoms with E-state index in [1.165, 1.54) is 37.5 Å². The first kappa shape index (κ1) is 29.9. The second-order valence-corrected chi connectivity index (χ2v) is 11.3. The Morgan fingerprint density at radius 1 is 0.951 bits per heavy atom. The predicted molar refractivity (Wildman–Crippen MR) is 160 cm³/mol. The Morgan fingerprint density at radius 2 is 1.66 bits per heavy atom. The van der Waals surface area contributed by atoms with Crippen molar-refractivity contribution >= 4 is 56.7 Å². The summed E-state index contributed by atoms with van der Waals surface area (Å²) in [5, 5.41) is 3.71. The summed E-state index contributed by atoms with van der Waals surface area (Å²) in [6.45, 7) is 3.58. The van der Waals surface area contributed by atoms with E-state index in [1.54, 1.807) is 62.4 Å². The molecule has 0 unspecified atom stereocenters. The van der Waals surface area contributed by atoms with Gasteiger partial charge in [-0.25, -0.2) is 18.4 Å². The third kappa shape index (κ3) is 7.97. The Bertz CT molecular complexity index is 1670. The number of benzene rings is 3. The van der Waals surface area contributed by atoms with Gasteiger partial charge in [-0.15, -0.1) is 0 Å². The molecule has 0 fully saturated rings. The van der Waals surface area contributed by atoms with Gasteiger partial charge < -0.3 is 14.8 Å². The van der Waals surface area contributed by atoms with Crippen LogP contribution >= 0.6 is 23.2 Å². The molecule has 0 spiro atoms. The van der Waals surface area contributed by atoms with Crippen molar-refractivity contribution in [2.45, 2.75) is 25.3 Å². The Kier molecular flexibility index (Phi) is 9.49. The lowest BCUT2D eigenvalue weighted by Gasteiger charge is -2.13. The van der Waals surface area contributed by atoms with Crippen LogP contribution in [0.25, 0.3) is 6.08 Å². The van der Waals surface area contributed by atoms with Crippen LogP contribution in [0.5, 0.6) is 11.5 Å². The molecular weight excluding hydrogens is 587 g/mol. The lowest BCUT2D eigenvalue weighted by Crippen LogP contribution is -2.15. The second-order valence-electron chi connectivity index (χ2n) is 8.79. The monoisotopic (exact) mass is 612 g/mol. The normalized spacial score (nSPS) is 11.3. The van der Waals surface area contributed by atoms with E-state index < -0.39 is 15.9 Å². The summed E-state index contributed by atoms with van der Waals surface area (Å²) in [5.41, 5.74) is 2.42. The van der Waals surface area contributed by atoms with Crippen LogP contribution in [0.2, 0.25) is 10.0 Å². The lowest BCUT2D eigenvalue weighted by molar-refractivity contribution is -0.111. The molecule has 212 valence electrons. The number of ether oxygens (including phenoxy) is 2. The summed E-state index contributed by atoms with van der Waals surface area (Å²) in [7, 11) is -2.36. The van der Waals surface area contributed by atoms with Crippen molar-refractivity contribution < 1.29 is 22.7 Å². The molecule has 1 amide bonds. The molecule has 2 N–H and O–H groups in total. The number of rotatable bonds is 10. The highest BCUT2D eigenvalue weighted by atomic mass is 35.5. The minimum absolute atomic E-state index is 0.0196. The molecule has 3 aromatic carbocycles. The average Bonchev–Trinajstić information content (AvgIpc) is 2.91. The van der Waals surface area contributed by atoms with Gasteiger partial charge >= 0.3 is 0 Å². The molecule has 0 aliphatic rings. The number of hydrogen-bond donors (Lipinski definition) is 2. The SMILES string of the molecule is COc1cc(/C=C/C(=O)Nc2ccc(S(=O)(=O)Nc3cc(C)nc(C)n3)cc2)ccc1OCc1c(Cl)cccc1Cl. The largest absolute Gasteiger partial charge is 0.493 e. The first-order valence-corrected chi connectivity index (χ1v) is 14.5. The molecule has 0 atom stereocenters. The van der Waals surface area contributed by atoms with Gasteiger partial charge in [0.05, 0.1) is 12.0 Å². The van der Waals surface area contributed by atoms with Crippen molar-refractivity contribution in [2.75, 3.05) is 17.1 Å². The molecule has 12 heteroatoms. The third-order valence-electron chi connectivity index (χ3n) is 5.69. The number of methoxy groups -OCH3 is 1. The minimum Gasteiger partial charge on any atom is -0.493 e. The van der Waals surface area contributed by atoms with Gasteiger partial charge in [-0.2, -0.15) is 0 Å². The molecule has 4 aromatic rings.